The van der Waals surface area contributed by atoms with Crippen LogP contribution in [-0.2, 0) is 9.47 Å². The summed E-state index contributed by atoms with van der Waals surface area (Å²) in [6, 6.07) is 6.80. The quantitative estimate of drug-likeness (QED) is 0.664. The Morgan fingerprint density at radius 3 is 2.94 bits per heavy atom. The third-order valence-electron chi connectivity index (χ3n) is 2.59. The number of fused-ring (bicyclic) bond motifs is 1. The van der Waals surface area contributed by atoms with Crippen LogP contribution < -0.4 is 5.73 Å². The second-order valence-electron chi connectivity index (χ2n) is 4.05. The Morgan fingerprint density at radius 1 is 1.44 bits per heavy atom. The Kier molecular flexibility index (Phi) is 3.53. The molecule has 1 heterocycles. The minimum atomic E-state index is -0.506. The molecule has 0 amide bonds. The maximum absolute atomic E-state index is 11.7. The van der Waals surface area contributed by atoms with Crippen molar-refractivity contribution in [3.63, 3.8) is 0 Å². The molecule has 2 rings (SSSR count). The first-order chi connectivity index (χ1) is 8.60. The van der Waals surface area contributed by atoms with Gasteiger partial charge in [0.1, 0.15) is 12.2 Å². The van der Waals surface area contributed by atoms with Gasteiger partial charge in [0.25, 0.3) is 0 Å². The van der Waals surface area contributed by atoms with Crippen LogP contribution in [-0.4, -0.2) is 25.8 Å². The third kappa shape index (κ3) is 2.62. The second kappa shape index (κ2) is 5.10. The molecule has 0 aliphatic heterocycles. The maximum atomic E-state index is 11.7. The summed E-state index contributed by atoms with van der Waals surface area (Å²) in [7, 11) is 1.56. The molecule has 0 saturated heterocycles. The van der Waals surface area contributed by atoms with Crippen molar-refractivity contribution in [2.45, 2.75) is 13.0 Å². The Morgan fingerprint density at radius 2 is 2.22 bits per heavy atom. The van der Waals surface area contributed by atoms with E-state index in [1.54, 1.807) is 31.4 Å². The predicted molar refractivity (Wildman–Crippen MR) is 67.4 cm³/mol. The van der Waals surface area contributed by atoms with Crippen LogP contribution in [0.1, 0.15) is 17.5 Å². The van der Waals surface area contributed by atoms with E-state index in [1.165, 1.54) is 0 Å². The summed E-state index contributed by atoms with van der Waals surface area (Å²) < 4.78 is 15.4. The molecular weight excluding hydrogens is 234 g/mol. The summed E-state index contributed by atoms with van der Waals surface area (Å²) in [5.41, 5.74) is 6.88. The van der Waals surface area contributed by atoms with Crippen molar-refractivity contribution in [1.82, 2.24) is 0 Å². The lowest BCUT2D eigenvalue weighted by Gasteiger charge is -2.08. The molecule has 0 radical (unpaired) electrons. The molecule has 1 aromatic carbocycles. The van der Waals surface area contributed by atoms with Crippen LogP contribution in [0.3, 0.4) is 0 Å². The van der Waals surface area contributed by atoms with Gasteiger partial charge in [-0.15, -0.1) is 0 Å². The highest BCUT2D eigenvalue weighted by molar-refractivity contribution is 5.93. The van der Waals surface area contributed by atoms with E-state index in [4.69, 9.17) is 19.6 Å². The van der Waals surface area contributed by atoms with Crippen LogP contribution in [0.5, 0.6) is 0 Å². The topological polar surface area (TPSA) is 74.7 Å². The summed E-state index contributed by atoms with van der Waals surface area (Å²) in [5, 5.41) is 0.779. The Labute approximate surface area is 104 Å². The molecule has 18 heavy (non-hydrogen) atoms. The lowest BCUT2D eigenvalue weighted by Crippen LogP contribution is -2.17. The van der Waals surface area contributed by atoms with Gasteiger partial charge in [-0.05, 0) is 31.2 Å². The van der Waals surface area contributed by atoms with Gasteiger partial charge in [0, 0.05) is 18.2 Å². The fraction of sp³-hybridized carbons (Fsp3) is 0.308. The molecule has 0 aliphatic rings. The number of ether oxygens (including phenoxy) is 2. The molecule has 5 heteroatoms. The summed E-state index contributed by atoms with van der Waals surface area (Å²) >= 11 is 0. The van der Waals surface area contributed by atoms with Crippen molar-refractivity contribution in [2.75, 3.05) is 19.5 Å². The number of nitrogens with two attached hydrogens (primary N) is 1. The number of carbonyl (C=O) groups excluding carboxylic acids is 1. The number of hydrogen-bond acceptors (Lipinski definition) is 5. The van der Waals surface area contributed by atoms with Crippen LogP contribution in [0, 0.1) is 0 Å². The summed E-state index contributed by atoms with van der Waals surface area (Å²) in [6.07, 6.45) is -0.144. The maximum Gasteiger partial charge on any atom is 0.374 e. The zero-order chi connectivity index (χ0) is 13.1. The van der Waals surface area contributed by atoms with Crippen molar-refractivity contribution in [1.29, 1.82) is 0 Å². The lowest BCUT2D eigenvalue weighted by molar-refractivity contribution is 0.0145. The average molecular weight is 249 g/mol. The molecule has 96 valence electrons. The number of esters is 1. The number of carbonyl (C=O) groups is 1. The van der Waals surface area contributed by atoms with Crippen LogP contribution in [0.25, 0.3) is 11.0 Å². The Hall–Kier alpha value is -2.01. The number of rotatable bonds is 4. The highest BCUT2D eigenvalue weighted by Gasteiger charge is 2.15. The Bertz CT molecular complexity index is 561. The number of furan rings is 1. The molecule has 1 aromatic heterocycles. The SMILES string of the molecule is COC(C)COC(=O)c1cc2cc(N)ccc2o1. The van der Waals surface area contributed by atoms with Gasteiger partial charge in [0.2, 0.25) is 5.76 Å². The van der Waals surface area contributed by atoms with Crippen molar-refractivity contribution in [2.24, 2.45) is 0 Å². The van der Waals surface area contributed by atoms with E-state index in [0.29, 0.717) is 11.3 Å². The van der Waals surface area contributed by atoms with Crippen molar-refractivity contribution >= 4 is 22.6 Å². The highest BCUT2D eigenvalue weighted by atomic mass is 16.6. The van der Waals surface area contributed by atoms with Crippen molar-refractivity contribution in [3.05, 3.63) is 30.0 Å². The summed E-state index contributed by atoms with van der Waals surface area (Å²) in [5.74, 6) is -0.340. The molecule has 0 aliphatic carbocycles. The van der Waals surface area contributed by atoms with Gasteiger partial charge in [-0.25, -0.2) is 4.79 Å². The van der Waals surface area contributed by atoms with Gasteiger partial charge in [-0.2, -0.15) is 0 Å². The fourth-order valence-corrected chi connectivity index (χ4v) is 1.49. The first kappa shape index (κ1) is 12.4. The van der Waals surface area contributed by atoms with E-state index in [1.807, 2.05) is 6.92 Å². The monoisotopic (exact) mass is 249 g/mol. The van der Waals surface area contributed by atoms with E-state index in [2.05, 4.69) is 0 Å². The fourth-order valence-electron chi connectivity index (χ4n) is 1.49. The van der Waals surface area contributed by atoms with E-state index in [-0.39, 0.29) is 18.5 Å². The van der Waals surface area contributed by atoms with Crippen molar-refractivity contribution < 1.29 is 18.7 Å². The van der Waals surface area contributed by atoms with Gasteiger partial charge in [0.15, 0.2) is 0 Å². The molecule has 1 unspecified atom stereocenters. The molecule has 0 spiro atoms. The average Bonchev–Trinajstić information content (AvgIpc) is 2.78. The van der Waals surface area contributed by atoms with Gasteiger partial charge in [-0.1, -0.05) is 0 Å². The van der Waals surface area contributed by atoms with Gasteiger partial charge >= 0.3 is 5.97 Å². The van der Waals surface area contributed by atoms with E-state index >= 15 is 0 Å². The highest BCUT2D eigenvalue weighted by Crippen LogP contribution is 2.22. The van der Waals surface area contributed by atoms with Crippen LogP contribution in [0.4, 0.5) is 5.69 Å². The molecule has 0 bridgehead atoms. The molecule has 2 N–H and O–H groups in total. The number of methoxy groups -OCH3 is 1. The standard InChI is InChI=1S/C13H15NO4/c1-8(16-2)7-17-13(15)12-6-9-5-10(14)3-4-11(9)18-12/h3-6,8H,7,14H2,1-2H3. The summed E-state index contributed by atoms with van der Waals surface area (Å²) in [4.78, 5) is 11.7. The molecule has 5 nitrogen and oxygen atoms in total. The normalized spacial score (nSPS) is 12.6. The molecule has 0 saturated carbocycles. The largest absolute Gasteiger partial charge is 0.457 e. The van der Waals surface area contributed by atoms with Crippen LogP contribution >= 0.6 is 0 Å². The van der Waals surface area contributed by atoms with E-state index in [0.717, 1.165) is 5.39 Å². The second-order valence-corrected chi connectivity index (χ2v) is 4.05. The molecule has 2 aromatic rings. The van der Waals surface area contributed by atoms with Gasteiger partial charge < -0.3 is 19.6 Å². The number of nitrogen functional groups attached to an aromatic ring is 1. The number of hydrogen-bond donors (Lipinski definition) is 1. The zero-order valence-electron chi connectivity index (χ0n) is 10.3. The molecular formula is C13H15NO4. The van der Waals surface area contributed by atoms with Crippen LogP contribution in [0.2, 0.25) is 0 Å². The summed E-state index contributed by atoms with van der Waals surface area (Å²) in [6.45, 7) is 2.00. The van der Waals surface area contributed by atoms with Gasteiger partial charge in [-0.3, -0.25) is 0 Å². The smallest absolute Gasteiger partial charge is 0.374 e. The zero-order valence-corrected chi connectivity index (χ0v) is 10.3. The van der Waals surface area contributed by atoms with Crippen LogP contribution in [0.15, 0.2) is 28.7 Å². The first-order valence-corrected chi connectivity index (χ1v) is 5.59. The molecule has 1 atom stereocenters. The minimum Gasteiger partial charge on any atom is -0.457 e. The number of benzene rings is 1. The lowest BCUT2D eigenvalue weighted by atomic mass is 10.2. The van der Waals surface area contributed by atoms with Crippen molar-refractivity contribution in [3.8, 4) is 0 Å². The predicted octanol–water partition coefficient (Wildman–Crippen LogP) is 2.21. The number of anilines is 1. The minimum absolute atomic E-state index is 0.144. The van der Waals surface area contributed by atoms with E-state index in [9.17, 15) is 4.79 Å². The molecule has 0 fully saturated rings. The van der Waals surface area contributed by atoms with Gasteiger partial charge in [0.05, 0.1) is 6.10 Å². The first-order valence-electron chi connectivity index (χ1n) is 5.59. The third-order valence-corrected chi connectivity index (χ3v) is 2.59. The Balaban J connectivity index is 2.13. The van der Waals surface area contributed by atoms with E-state index < -0.39 is 5.97 Å².